The predicted octanol–water partition coefficient (Wildman–Crippen LogP) is -0.825. The van der Waals surface area contributed by atoms with Crippen LogP contribution in [0.25, 0.3) is 0 Å². The van der Waals surface area contributed by atoms with E-state index in [4.69, 9.17) is 0 Å². The summed E-state index contributed by atoms with van der Waals surface area (Å²) in [6.45, 7) is 8.64. The summed E-state index contributed by atoms with van der Waals surface area (Å²) in [7, 11) is 0. The van der Waals surface area contributed by atoms with Crippen molar-refractivity contribution in [2.75, 3.05) is 0 Å². The Hall–Kier alpha value is -0.540. The van der Waals surface area contributed by atoms with Gasteiger partial charge in [0, 0.05) is 11.8 Å². The van der Waals surface area contributed by atoms with E-state index >= 15 is 0 Å². The molecular formula is C14H25NO6. The summed E-state index contributed by atoms with van der Waals surface area (Å²) in [4.78, 5) is 0.600. The highest BCUT2D eigenvalue weighted by Crippen LogP contribution is 2.74. The summed E-state index contributed by atoms with van der Waals surface area (Å²) in [5, 5.41) is 60.8. The third-order valence-electron chi connectivity index (χ3n) is 5.09. The molecule has 3 rings (SSSR count). The normalized spacial score (nSPS) is 35.4. The van der Waals surface area contributed by atoms with Crippen molar-refractivity contribution in [1.82, 2.24) is 4.90 Å². The minimum atomic E-state index is -2.68. The first-order chi connectivity index (χ1) is 9.41. The average molecular weight is 303 g/mol. The molecule has 1 saturated carbocycles. The number of fused-ring (bicyclic) bond motifs is 2. The lowest BCUT2D eigenvalue weighted by Crippen LogP contribution is -2.69. The number of nitrogens with zero attached hydrogens (tertiary/aromatic N) is 1. The van der Waals surface area contributed by atoms with Crippen LogP contribution in [0, 0.1) is 5.41 Å². The molecule has 1 spiro atoms. The summed E-state index contributed by atoms with van der Waals surface area (Å²) in [5.74, 6) is -7.53. The Morgan fingerprint density at radius 2 is 1.57 bits per heavy atom. The van der Waals surface area contributed by atoms with Crippen LogP contribution in [0.1, 0.15) is 46.5 Å². The van der Waals surface area contributed by atoms with Gasteiger partial charge in [0.1, 0.15) is 0 Å². The molecule has 1 atom stereocenters. The first kappa shape index (κ1) is 16.8. The van der Waals surface area contributed by atoms with Crippen LogP contribution in [0.15, 0.2) is 12.2 Å². The van der Waals surface area contributed by atoms with E-state index in [0.717, 1.165) is 6.92 Å². The quantitative estimate of drug-likeness (QED) is 0.276. The van der Waals surface area contributed by atoms with Crippen LogP contribution in [-0.4, -0.2) is 58.7 Å². The maximum Gasteiger partial charge on any atom is 0.253 e. The molecule has 0 aromatic carbocycles. The van der Waals surface area contributed by atoms with Gasteiger partial charge in [0.05, 0.1) is 5.54 Å². The van der Waals surface area contributed by atoms with Crippen molar-refractivity contribution in [3.63, 3.8) is 0 Å². The monoisotopic (exact) mass is 303 g/mol. The van der Waals surface area contributed by atoms with Gasteiger partial charge in [-0.15, -0.1) is 0 Å². The third kappa shape index (κ3) is 1.80. The second-order valence-corrected chi connectivity index (χ2v) is 6.36. The maximum atomic E-state index is 10.2. The molecule has 122 valence electrons. The second-order valence-electron chi connectivity index (χ2n) is 6.36. The number of hydrogen-bond acceptors (Lipinski definition) is 7. The van der Waals surface area contributed by atoms with Crippen LogP contribution >= 0.6 is 0 Å². The minimum absolute atomic E-state index is 0.0831. The molecule has 0 unspecified atom stereocenters. The minimum Gasteiger partial charge on any atom is -0.364 e. The lowest BCUT2D eigenvalue weighted by atomic mass is 9.73. The van der Waals surface area contributed by atoms with Gasteiger partial charge in [-0.1, -0.05) is 20.4 Å². The Bertz CT molecular complexity index is 463. The molecular weight excluding hydrogens is 278 g/mol. The largest absolute Gasteiger partial charge is 0.364 e. The summed E-state index contributed by atoms with van der Waals surface area (Å²) >= 11 is 0. The lowest BCUT2D eigenvalue weighted by Gasteiger charge is -2.47. The lowest BCUT2D eigenvalue weighted by molar-refractivity contribution is -0.386. The fraction of sp³-hybridized carbons (Fsp3) is 0.857. The van der Waals surface area contributed by atoms with Gasteiger partial charge >= 0.3 is 0 Å². The predicted molar refractivity (Wildman–Crippen MR) is 73.1 cm³/mol. The van der Waals surface area contributed by atoms with Crippen molar-refractivity contribution in [3.8, 4) is 0 Å². The molecule has 0 radical (unpaired) electrons. The SMILES string of the molecule is C=C1C[C@@]2(C(C)(O)O)N(C(O)(O)CC23CC3)C1(O)O.CC. The maximum absolute atomic E-state index is 10.2. The van der Waals surface area contributed by atoms with Crippen molar-refractivity contribution < 1.29 is 30.6 Å². The van der Waals surface area contributed by atoms with Gasteiger partial charge in [0.2, 0.25) is 5.91 Å². The van der Waals surface area contributed by atoms with E-state index in [1.54, 1.807) is 0 Å². The van der Waals surface area contributed by atoms with E-state index in [0.29, 0.717) is 17.7 Å². The molecule has 3 fully saturated rings. The van der Waals surface area contributed by atoms with Gasteiger partial charge in [-0.25, -0.2) is 0 Å². The van der Waals surface area contributed by atoms with Gasteiger partial charge in [-0.05, 0) is 31.8 Å². The van der Waals surface area contributed by atoms with Gasteiger partial charge in [-0.3, -0.25) is 0 Å². The Morgan fingerprint density at radius 1 is 1.10 bits per heavy atom. The molecule has 2 saturated heterocycles. The topological polar surface area (TPSA) is 125 Å². The van der Waals surface area contributed by atoms with Crippen molar-refractivity contribution in [2.24, 2.45) is 5.41 Å². The van der Waals surface area contributed by atoms with Crippen molar-refractivity contribution in [3.05, 3.63) is 12.2 Å². The molecule has 7 nitrogen and oxygen atoms in total. The van der Waals surface area contributed by atoms with Crippen LogP contribution in [-0.2, 0) is 0 Å². The molecule has 0 aromatic heterocycles. The number of hydrogen-bond donors (Lipinski definition) is 6. The molecule has 1 aliphatic carbocycles. The highest BCUT2D eigenvalue weighted by molar-refractivity contribution is 5.36. The molecule has 2 aliphatic heterocycles. The van der Waals surface area contributed by atoms with E-state index in [9.17, 15) is 30.6 Å². The summed E-state index contributed by atoms with van der Waals surface area (Å²) in [6, 6.07) is 0. The van der Waals surface area contributed by atoms with Gasteiger partial charge in [0.25, 0.3) is 5.91 Å². The zero-order chi connectivity index (χ0) is 16.5. The highest BCUT2D eigenvalue weighted by atomic mass is 16.6. The number of aliphatic hydroxyl groups is 6. The number of rotatable bonds is 1. The Labute approximate surface area is 123 Å². The van der Waals surface area contributed by atoms with Crippen LogP contribution in [0.5, 0.6) is 0 Å². The van der Waals surface area contributed by atoms with E-state index in [2.05, 4.69) is 6.58 Å². The molecule has 6 N–H and O–H groups in total. The summed E-state index contributed by atoms with van der Waals surface area (Å²) < 4.78 is 0. The van der Waals surface area contributed by atoms with Gasteiger partial charge < -0.3 is 30.6 Å². The molecule has 7 heteroatoms. The van der Waals surface area contributed by atoms with Crippen LogP contribution in [0.4, 0.5) is 0 Å². The molecule has 0 aromatic rings. The van der Waals surface area contributed by atoms with E-state index in [1.807, 2.05) is 13.8 Å². The van der Waals surface area contributed by atoms with Crippen LogP contribution in [0.2, 0.25) is 0 Å². The summed E-state index contributed by atoms with van der Waals surface area (Å²) in [6.07, 6.45) is 0.845. The third-order valence-corrected chi connectivity index (χ3v) is 5.09. The van der Waals surface area contributed by atoms with Crippen molar-refractivity contribution >= 4 is 0 Å². The smallest absolute Gasteiger partial charge is 0.253 e. The standard InChI is InChI=1S/C12H19NO6.C2H6/c1-7-5-10(8(2,14)15)9(3-4-9)6-11(16,17)13(10)12(7,18)19;1-2/h14-19H,1,3-6H2,2H3;1-2H3/t10-;/m0./s1. The van der Waals surface area contributed by atoms with E-state index < -0.39 is 28.6 Å². The van der Waals surface area contributed by atoms with Gasteiger partial charge in [-0.2, -0.15) is 4.90 Å². The molecule has 2 heterocycles. The first-order valence-corrected chi connectivity index (χ1v) is 7.24. The zero-order valence-corrected chi connectivity index (χ0v) is 12.7. The van der Waals surface area contributed by atoms with Gasteiger partial charge in [0.15, 0.2) is 5.79 Å². The fourth-order valence-electron chi connectivity index (χ4n) is 4.21. The summed E-state index contributed by atoms with van der Waals surface area (Å²) in [5.41, 5.74) is -2.41. The zero-order valence-electron chi connectivity index (χ0n) is 12.7. The second kappa shape index (κ2) is 4.26. The van der Waals surface area contributed by atoms with E-state index in [-0.39, 0.29) is 18.4 Å². The Balaban J connectivity index is 0.000000774. The van der Waals surface area contributed by atoms with Crippen molar-refractivity contribution in [2.45, 2.75) is 69.6 Å². The molecule has 0 bridgehead atoms. The van der Waals surface area contributed by atoms with E-state index in [1.165, 1.54) is 0 Å². The van der Waals surface area contributed by atoms with Crippen molar-refractivity contribution in [1.29, 1.82) is 0 Å². The Kier molecular flexibility index (Phi) is 3.41. The first-order valence-electron chi connectivity index (χ1n) is 7.24. The molecule has 21 heavy (non-hydrogen) atoms. The molecule has 0 amide bonds. The van der Waals surface area contributed by atoms with Crippen LogP contribution < -0.4 is 0 Å². The molecule has 3 aliphatic rings. The van der Waals surface area contributed by atoms with Crippen LogP contribution in [0.3, 0.4) is 0 Å². The highest BCUT2D eigenvalue weighted by Gasteiger charge is 2.84. The fourth-order valence-corrected chi connectivity index (χ4v) is 4.21. The Morgan fingerprint density at radius 3 is 1.95 bits per heavy atom. The average Bonchev–Trinajstić information content (AvgIpc) is 2.98.